The van der Waals surface area contributed by atoms with Crippen LogP contribution < -0.4 is 5.76 Å². The van der Waals surface area contributed by atoms with Gasteiger partial charge in [-0.3, -0.25) is 0 Å². The van der Waals surface area contributed by atoms with E-state index in [-0.39, 0.29) is 12.0 Å². The van der Waals surface area contributed by atoms with E-state index in [2.05, 4.69) is 5.10 Å². The van der Waals surface area contributed by atoms with E-state index < -0.39 is 5.76 Å². The normalized spacial score (nSPS) is 19.9. The van der Waals surface area contributed by atoms with Crippen LogP contribution in [0.2, 0.25) is 0 Å². The first-order chi connectivity index (χ1) is 8.33. The number of hydrogen-bond donors (Lipinski definition) is 0. The average molecular weight is 236 g/mol. The van der Waals surface area contributed by atoms with Crippen LogP contribution >= 0.6 is 0 Å². The molecule has 0 aromatic carbocycles. The van der Waals surface area contributed by atoms with Crippen molar-refractivity contribution in [3.8, 4) is 11.7 Å². The molecule has 1 saturated heterocycles. The lowest BCUT2D eigenvalue weighted by atomic mass is 10.2. The Hall–Kier alpha value is -1.82. The first kappa shape index (κ1) is 10.3. The minimum Gasteiger partial charge on any atom is -0.459 e. The lowest BCUT2D eigenvalue weighted by Gasteiger charge is -2.06. The summed E-state index contributed by atoms with van der Waals surface area (Å²) < 4.78 is 16.9. The van der Waals surface area contributed by atoms with Gasteiger partial charge in [0.1, 0.15) is 0 Å². The van der Waals surface area contributed by atoms with E-state index in [4.69, 9.17) is 13.6 Å². The van der Waals surface area contributed by atoms with Crippen LogP contribution in [-0.4, -0.2) is 22.5 Å². The average Bonchev–Trinajstić information content (AvgIpc) is 3.02. The Labute approximate surface area is 96.8 Å². The van der Waals surface area contributed by atoms with Crippen LogP contribution in [0.5, 0.6) is 0 Å². The molecule has 0 radical (unpaired) electrons. The van der Waals surface area contributed by atoms with Crippen molar-refractivity contribution in [3.05, 3.63) is 28.9 Å². The number of aromatic nitrogens is 2. The highest BCUT2D eigenvalue weighted by Crippen LogP contribution is 2.17. The van der Waals surface area contributed by atoms with Crippen molar-refractivity contribution in [2.75, 3.05) is 6.61 Å². The summed E-state index contributed by atoms with van der Waals surface area (Å²) in [6, 6.07) is 3.41. The smallest absolute Gasteiger partial charge is 0.437 e. The largest absolute Gasteiger partial charge is 0.459 e. The van der Waals surface area contributed by atoms with Crippen molar-refractivity contribution >= 4 is 0 Å². The first-order valence-corrected chi connectivity index (χ1v) is 5.56. The molecule has 1 atom stereocenters. The third kappa shape index (κ3) is 2.03. The van der Waals surface area contributed by atoms with Gasteiger partial charge < -0.3 is 13.6 Å². The van der Waals surface area contributed by atoms with E-state index in [1.54, 1.807) is 12.1 Å². The van der Waals surface area contributed by atoms with Crippen molar-refractivity contribution in [1.82, 2.24) is 9.78 Å². The summed E-state index contributed by atoms with van der Waals surface area (Å²) in [5.74, 6) is 0.179. The quantitative estimate of drug-likeness (QED) is 0.802. The second-order valence-electron chi connectivity index (χ2n) is 3.97. The topological polar surface area (TPSA) is 70.4 Å². The Morgan fingerprint density at radius 2 is 2.47 bits per heavy atom. The third-order valence-corrected chi connectivity index (χ3v) is 2.74. The van der Waals surface area contributed by atoms with Crippen LogP contribution in [0.4, 0.5) is 0 Å². The summed E-state index contributed by atoms with van der Waals surface area (Å²) in [5.41, 5.74) is 0. The molecule has 6 heteroatoms. The number of ether oxygens (including phenoxy) is 1. The zero-order valence-electron chi connectivity index (χ0n) is 9.17. The van der Waals surface area contributed by atoms with Crippen molar-refractivity contribution in [1.29, 1.82) is 0 Å². The molecule has 0 unspecified atom stereocenters. The van der Waals surface area contributed by atoms with Gasteiger partial charge in [-0.2, -0.15) is 4.68 Å². The van der Waals surface area contributed by atoms with Gasteiger partial charge in [0, 0.05) is 6.61 Å². The van der Waals surface area contributed by atoms with Gasteiger partial charge in [0.15, 0.2) is 5.76 Å². The van der Waals surface area contributed by atoms with E-state index in [1.165, 1.54) is 10.9 Å². The Kier molecular flexibility index (Phi) is 2.56. The Bertz CT molecular complexity index is 534. The zero-order chi connectivity index (χ0) is 11.7. The van der Waals surface area contributed by atoms with Crippen molar-refractivity contribution in [2.45, 2.75) is 25.5 Å². The monoisotopic (exact) mass is 236 g/mol. The molecule has 0 bridgehead atoms. The second kappa shape index (κ2) is 4.21. The fraction of sp³-hybridized carbons (Fsp3) is 0.455. The summed E-state index contributed by atoms with van der Waals surface area (Å²) in [6.45, 7) is 1.19. The maximum Gasteiger partial charge on any atom is 0.437 e. The zero-order valence-corrected chi connectivity index (χ0v) is 9.17. The predicted molar refractivity (Wildman–Crippen MR) is 57.4 cm³/mol. The van der Waals surface area contributed by atoms with E-state index in [1.807, 2.05) is 0 Å². The lowest BCUT2D eigenvalue weighted by molar-refractivity contribution is 0.0922. The van der Waals surface area contributed by atoms with Crippen LogP contribution in [0, 0.1) is 0 Å². The summed E-state index contributed by atoms with van der Waals surface area (Å²) in [5, 5.41) is 4.08. The Morgan fingerprint density at radius 3 is 3.18 bits per heavy atom. The third-order valence-electron chi connectivity index (χ3n) is 2.74. The molecule has 1 aliphatic rings. The van der Waals surface area contributed by atoms with Gasteiger partial charge in [-0.15, -0.1) is 5.10 Å². The second-order valence-corrected chi connectivity index (χ2v) is 3.97. The molecular weight excluding hydrogens is 224 g/mol. The summed E-state index contributed by atoms with van der Waals surface area (Å²) >= 11 is 0. The highest BCUT2D eigenvalue weighted by Gasteiger charge is 2.20. The Morgan fingerprint density at radius 1 is 1.53 bits per heavy atom. The van der Waals surface area contributed by atoms with E-state index in [9.17, 15) is 4.79 Å². The summed E-state index contributed by atoms with van der Waals surface area (Å²) in [6.07, 6.45) is 3.55. The highest BCUT2D eigenvalue weighted by atomic mass is 16.5. The molecular formula is C11H12N2O4. The molecule has 90 valence electrons. The van der Waals surface area contributed by atoms with Gasteiger partial charge in [-0.1, -0.05) is 0 Å². The summed E-state index contributed by atoms with van der Waals surface area (Å²) in [4.78, 5) is 11.6. The van der Waals surface area contributed by atoms with Gasteiger partial charge in [0.25, 0.3) is 5.89 Å². The minimum atomic E-state index is -0.480. The first-order valence-electron chi connectivity index (χ1n) is 5.56. The fourth-order valence-corrected chi connectivity index (χ4v) is 1.90. The van der Waals surface area contributed by atoms with Crippen LogP contribution in [0.15, 0.2) is 32.0 Å². The molecule has 0 aliphatic carbocycles. The molecule has 1 fully saturated rings. The van der Waals surface area contributed by atoms with Gasteiger partial charge in [0.2, 0.25) is 0 Å². The number of rotatable bonds is 3. The van der Waals surface area contributed by atoms with Gasteiger partial charge in [-0.25, -0.2) is 4.79 Å². The van der Waals surface area contributed by atoms with Crippen molar-refractivity contribution < 1.29 is 13.6 Å². The fourth-order valence-electron chi connectivity index (χ4n) is 1.90. The molecule has 0 amide bonds. The van der Waals surface area contributed by atoms with E-state index in [0.29, 0.717) is 12.3 Å². The number of hydrogen-bond acceptors (Lipinski definition) is 5. The van der Waals surface area contributed by atoms with Crippen LogP contribution in [0.3, 0.4) is 0 Å². The Balaban J connectivity index is 1.83. The van der Waals surface area contributed by atoms with Crippen molar-refractivity contribution in [2.24, 2.45) is 0 Å². The van der Waals surface area contributed by atoms with Gasteiger partial charge >= 0.3 is 5.76 Å². The molecule has 0 N–H and O–H groups in total. The molecule has 0 saturated carbocycles. The van der Waals surface area contributed by atoms with Crippen LogP contribution in [0.25, 0.3) is 11.7 Å². The summed E-state index contributed by atoms with van der Waals surface area (Å²) in [7, 11) is 0. The number of furan rings is 1. The van der Waals surface area contributed by atoms with Gasteiger partial charge in [-0.05, 0) is 25.0 Å². The molecule has 6 nitrogen and oxygen atoms in total. The van der Waals surface area contributed by atoms with E-state index in [0.717, 1.165) is 19.4 Å². The predicted octanol–water partition coefficient (Wildman–Crippen LogP) is 1.28. The maximum atomic E-state index is 11.6. The molecule has 2 aromatic rings. The highest BCUT2D eigenvalue weighted by molar-refractivity contribution is 5.42. The molecule has 3 rings (SSSR count). The van der Waals surface area contributed by atoms with Crippen LogP contribution in [0.1, 0.15) is 12.8 Å². The SMILES string of the molecule is O=c1oc(-c2ccco2)nn1C[C@H]1CCCO1. The van der Waals surface area contributed by atoms with Crippen molar-refractivity contribution in [3.63, 3.8) is 0 Å². The van der Waals surface area contributed by atoms with Crippen LogP contribution in [-0.2, 0) is 11.3 Å². The van der Waals surface area contributed by atoms with E-state index >= 15 is 0 Å². The maximum absolute atomic E-state index is 11.6. The molecule has 2 aromatic heterocycles. The number of nitrogens with zero attached hydrogens (tertiary/aromatic N) is 2. The molecule has 3 heterocycles. The van der Waals surface area contributed by atoms with Gasteiger partial charge in [0.05, 0.1) is 18.9 Å². The molecule has 0 spiro atoms. The standard InChI is InChI=1S/C11H12N2O4/c14-11-13(7-8-3-1-5-15-8)12-10(17-11)9-4-2-6-16-9/h2,4,6,8H,1,3,5,7H2/t8-/m1/s1. The lowest BCUT2D eigenvalue weighted by Crippen LogP contribution is -2.24. The molecule has 17 heavy (non-hydrogen) atoms. The molecule has 1 aliphatic heterocycles. The minimum absolute atomic E-state index is 0.0576.